The molecule has 0 radical (unpaired) electrons. The summed E-state index contributed by atoms with van der Waals surface area (Å²) in [6.45, 7) is 3.50. The smallest absolute Gasteiger partial charge is 0.305 e. The van der Waals surface area contributed by atoms with Crippen molar-refractivity contribution in [3.05, 3.63) is 107 Å². The number of anilines is 1. The van der Waals surface area contributed by atoms with Crippen molar-refractivity contribution in [2.75, 3.05) is 19.5 Å². The fourth-order valence-electron chi connectivity index (χ4n) is 4.48. The van der Waals surface area contributed by atoms with Gasteiger partial charge in [0.1, 0.15) is 23.7 Å². The summed E-state index contributed by atoms with van der Waals surface area (Å²) in [5.74, 6) is 0.188. The predicted molar refractivity (Wildman–Crippen MR) is 163 cm³/mol. The highest BCUT2D eigenvalue weighted by molar-refractivity contribution is 6.06. The van der Waals surface area contributed by atoms with E-state index in [1.807, 2.05) is 54.6 Å². The number of aryl methyl sites for hydroxylation is 1. The molecule has 0 saturated heterocycles. The fraction of sp³-hybridized carbons (Fsp3) is 0.176. The van der Waals surface area contributed by atoms with Gasteiger partial charge in [-0.25, -0.2) is 4.99 Å². The second kappa shape index (κ2) is 13.0. The lowest BCUT2D eigenvalue weighted by Crippen LogP contribution is -2.22. The average molecular weight is 578 g/mol. The standard InChI is InChI=1S/C34H31N3O6/c1-5-31(38)42-20-24-19-35-21(2)32-27(24)18-28(33(39)37-29-16-15-26(40-3)17-30(29)41-4)34(43-32)36-25-13-11-23(12-14-25)22-9-7-6-8-10-22/h6-19H,5,20H2,1-4H3,(H,37,39). The number of ether oxygens (including phenoxy) is 3. The van der Waals surface area contributed by atoms with Gasteiger partial charge in [0.25, 0.3) is 5.91 Å². The number of amides is 1. The SMILES string of the molecule is CCC(=O)OCc1cnc(C)c2oc(=Nc3ccc(-c4ccccc4)cc3)c(C(=O)Nc3ccc(OC)cc3OC)cc12. The van der Waals surface area contributed by atoms with Crippen LogP contribution < -0.4 is 20.3 Å². The highest BCUT2D eigenvalue weighted by atomic mass is 16.5. The number of hydrogen-bond acceptors (Lipinski definition) is 8. The lowest BCUT2D eigenvalue weighted by Gasteiger charge is -2.13. The second-order valence-corrected chi connectivity index (χ2v) is 9.64. The quantitative estimate of drug-likeness (QED) is 0.193. The molecule has 0 saturated carbocycles. The lowest BCUT2D eigenvalue weighted by atomic mass is 10.1. The Labute approximate surface area is 248 Å². The molecule has 0 aliphatic rings. The summed E-state index contributed by atoms with van der Waals surface area (Å²) >= 11 is 0. The number of carbonyl (C=O) groups is 2. The molecule has 43 heavy (non-hydrogen) atoms. The minimum absolute atomic E-state index is 0.0171. The molecule has 1 amide bonds. The fourth-order valence-corrected chi connectivity index (χ4v) is 4.48. The van der Waals surface area contributed by atoms with E-state index in [0.29, 0.717) is 45.1 Å². The van der Waals surface area contributed by atoms with E-state index >= 15 is 0 Å². The molecule has 2 aromatic heterocycles. The number of fused-ring (bicyclic) bond motifs is 1. The third kappa shape index (κ3) is 6.56. The molecule has 0 aliphatic heterocycles. The maximum Gasteiger partial charge on any atom is 0.305 e. The van der Waals surface area contributed by atoms with Gasteiger partial charge in [0.05, 0.1) is 31.3 Å². The minimum Gasteiger partial charge on any atom is -0.497 e. The van der Waals surface area contributed by atoms with Gasteiger partial charge in [0.15, 0.2) is 5.58 Å². The molecule has 0 fully saturated rings. The maximum atomic E-state index is 13.8. The second-order valence-electron chi connectivity index (χ2n) is 9.64. The third-order valence-corrected chi connectivity index (χ3v) is 6.83. The van der Waals surface area contributed by atoms with Crippen LogP contribution in [-0.4, -0.2) is 31.1 Å². The molecular formula is C34H31N3O6. The summed E-state index contributed by atoms with van der Waals surface area (Å²) in [4.78, 5) is 34.9. The van der Waals surface area contributed by atoms with Crippen LogP contribution in [0.4, 0.5) is 11.4 Å². The zero-order chi connectivity index (χ0) is 30.3. The Kier molecular flexibility index (Phi) is 8.81. The van der Waals surface area contributed by atoms with E-state index in [2.05, 4.69) is 10.3 Å². The first-order valence-electron chi connectivity index (χ1n) is 13.7. The van der Waals surface area contributed by atoms with Gasteiger partial charge in [-0.15, -0.1) is 0 Å². The van der Waals surface area contributed by atoms with Gasteiger partial charge in [0.2, 0.25) is 5.55 Å². The van der Waals surface area contributed by atoms with E-state index in [-0.39, 0.29) is 30.1 Å². The summed E-state index contributed by atoms with van der Waals surface area (Å²) in [5, 5.41) is 3.49. The van der Waals surface area contributed by atoms with Crippen molar-refractivity contribution < 1.29 is 28.2 Å². The molecule has 2 heterocycles. The predicted octanol–water partition coefficient (Wildman–Crippen LogP) is 6.76. The Balaban J connectivity index is 1.62. The number of pyridine rings is 1. The number of nitrogens with zero attached hydrogens (tertiary/aromatic N) is 2. The monoisotopic (exact) mass is 577 g/mol. The molecule has 218 valence electrons. The van der Waals surface area contributed by atoms with Gasteiger partial charge < -0.3 is 23.9 Å². The highest BCUT2D eigenvalue weighted by Gasteiger charge is 2.19. The van der Waals surface area contributed by atoms with Gasteiger partial charge in [-0.3, -0.25) is 14.6 Å². The van der Waals surface area contributed by atoms with Crippen molar-refractivity contribution in [3.8, 4) is 22.6 Å². The van der Waals surface area contributed by atoms with Crippen molar-refractivity contribution >= 4 is 34.2 Å². The number of aromatic nitrogens is 1. The van der Waals surface area contributed by atoms with Crippen molar-refractivity contribution in [3.63, 3.8) is 0 Å². The Morgan fingerprint density at radius 2 is 1.67 bits per heavy atom. The van der Waals surface area contributed by atoms with Crippen LogP contribution in [0.25, 0.3) is 22.1 Å². The van der Waals surface area contributed by atoms with E-state index in [9.17, 15) is 9.59 Å². The first-order valence-corrected chi connectivity index (χ1v) is 13.7. The molecule has 5 aromatic rings. The zero-order valence-corrected chi connectivity index (χ0v) is 24.3. The lowest BCUT2D eigenvalue weighted by molar-refractivity contribution is -0.144. The third-order valence-electron chi connectivity index (χ3n) is 6.83. The maximum absolute atomic E-state index is 13.8. The summed E-state index contributed by atoms with van der Waals surface area (Å²) in [6.07, 6.45) is 1.86. The Bertz CT molecular complexity index is 1850. The summed E-state index contributed by atoms with van der Waals surface area (Å²) < 4.78 is 22.4. The normalized spacial score (nSPS) is 11.3. The highest BCUT2D eigenvalue weighted by Crippen LogP contribution is 2.30. The van der Waals surface area contributed by atoms with Gasteiger partial charge >= 0.3 is 5.97 Å². The van der Waals surface area contributed by atoms with Gasteiger partial charge in [-0.05, 0) is 48.4 Å². The van der Waals surface area contributed by atoms with Crippen LogP contribution in [0.1, 0.15) is 35.0 Å². The molecule has 0 bridgehead atoms. The van der Waals surface area contributed by atoms with Crippen LogP contribution in [0.2, 0.25) is 0 Å². The first-order chi connectivity index (χ1) is 20.9. The molecule has 5 rings (SSSR count). The van der Waals surface area contributed by atoms with E-state index in [1.165, 1.54) is 7.11 Å². The van der Waals surface area contributed by atoms with E-state index in [1.54, 1.807) is 51.4 Å². The molecule has 9 heteroatoms. The number of methoxy groups -OCH3 is 2. The molecule has 0 atom stereocenters. The average Bonchev–Trinajstić information content (AvgIpc) is 3.05. The number of esters is 1. The minimum atomic E-state index is -0.472. The van der Waals surface area contributed by atoms with Gasteiger partial charge in [-0.2, -0.15) is 0 Å². The number of nitrogens with one attached hydrogen (secondary N) is 1. The Morgan fingerprint density at radius 3 is 2.37 bits per heavy atom. The van der Waals surface area contributed by atoms with Crippen LogP contribution in [-0.2, 0) is 16.1 Å². The number of rotatable bonds is 9. The Hall–Kier alpha value is -5.44. The largest absolute Gasteiger partial charge is 0.497 e. The van der Waals surface area contributed by atoms with Gasteiger partial charge in [-0.1, -0.05) is 49.4 Å². The van der Waals surface area contributed by atoms with Crippen LogP contribution >= 0.6 is 0 Å². The van der Waals surface area contributed by atoms with Gasteiger partial charge in [0, 0.05) is 29.6 Å². The molecule has 0 unspecified atom stereocenters. The first kappa shape index (κ1) is 29.1. The van der Waals surface area contributed by atoms with Crippen molar-refractivity contribution in [2.45, 2.75) is 26.9 Å². The van der Waals surface area contributed by atoms with E-state index in [4.69, 9.17) is 23.6 Å². The number of hydrogen-bond donors (Lipinski definition) is 1. The summed E-state index contributed by atoms with van der Waals surface area (Å²) in [7, 11) is 3.06. The van der Waals surface area contributed by atoms with Crippen LogP contribution in [0.5, 0.6) is 11.5 Å². The van der Waals surface area contributed by atoms with Crippen LogP contribution in [0, 0.1) is 6.92 Å². The number of benzene rings is 3. The topological polar surface area (TPSA) is 112 Å². The van der Waals surface area contributed by atoms with Crippen molar-refractivity contribution in [1.29, 1.82) is 0 Å². The molecule has 0 spiro atoms. The van der Waals surface area contributed by atoms with E-state index < -0.39 is 5.91 Å². The van der Waals surface area contributed by atoms with Crippen LogP contribution in [0.15, 0.2) is 94.5 Å². The van der Waals surface area contributed by atoms with Crippen LogP contribution in [0.3, 0.4) is 0 Å². The summed E-state index contributed by atoms with van der Waals surface area (Å²) in [5.41, 5.74) is 5.04. The number of carbonyl (C=O) groups excluding carboxylic acids is 2. The molecule has 9 nitrogen and oxygen atoms in total. The van der Waals surface area contributed by atoms with Crippen molar-refractivity contribution in [2.24, 2.45) is 4.99 Å². The molecule has 0 aliphatic carbocycles. The zero-order valence-electron chi connectivity index (χ0n) is 24.3. The molecule has 3 aromatic carbocycles. The van der Waals surface area contributed by atoms with E-state index in [0.717, 1.165) is 11.1 Å². The summed E-state index contributed by atoms with van der Waals surface area (Å²) in [6, 6.07) is 24.4. The van der Waals surface area contributed by atoms with Crippen molar-refractivity contribution in [1.82, 2.24) is 4.98 Å². The molecular weight excluding hydrogens is 546 g/mol. The molecule has 1 N–H and O–H groups in total. The Morgan fingerprint density at radius 1 is 0.930 bits per heavy atom.